The molecule has 6 nitrogen and oxygen atoms in total. The lowest BCUT2D eigenvalue weighted by molar-refractivity contribution is 0.184. The number of aryl methyl sites for hydroxylation is 1. The summed E-state index contributed by atoms with van der Waals surface area (Å²) in [6, 6.07) is 16.3. The summed E-state index contributed by atoms with van der Waals surface area (Å²) in [6.07, 6.45) is 1.68. The average Bonchev–Trinajstić information content (AvgIpc) is 3.21. The van der Waals surface area contributed by atoms with Gasteiger partial charge in [-0.1, -0.05) is 42.0 Å². The first-order valence-corrected chi connectivity index (χ1v) is 9.79. The first kappa shape index (κ1) is 23.9. The van der Waals surface area contributed by atoms with E-state index in [2.05, 4.69) is 46.8 Å². The summed E-state index contributed by atoms with van der Waals surface area (Å²) in [7, 11) is 1.70. The Bertz CT molecular complexity index is 938. The van der Waals surface area contributed by atoms with Crippen molar-refractivity contribution in [3.8, 4) is 11.5 Å². The van der Waals surface area contributed by atoms with E-state index in [0.29, 0.717) is 25.6 Å². The van der Waals surface area contributed by atoms with E-state index in [9.17, 15) is 0 Å². The fourth-order valence-electron chi connectivity index (χ4n) is 2.91. The molecule has 3 aromatic rings. The van der Waals surface area contributed by atoms with E-state index in [1.54, 1.807) is 13.4 Å². The Morgan fingerprint density at radius 3 is 2.50 bits per heavy atom. The summed E-state index contributed by atoms with van der Waals surface area (Å²) in [6.45, 7) is 6.56. The van der Waals surface area contributed by atoms with Crippen LogP contribution in [0.5, 0.6) is 0 Å². The number of aromatic nitrogens is 1. The van der Waals surface area contributed by atoms with E-state index in [1.807, 2.05) is 31.2 Å². The lowest BCUT2D eigenvalue weighted by Crippen LogP contribution is -2.36. The number of hydrogen-bond acceptors (Lipinski definition) is 4. The van der Waals surface area contributed by atoms with E-state index >= 15 is 0 Å². The van der Waals surface area contributed by atoms with Crippen molar-refractivity contribution in [3.63, 3.8) is 0 Å². The van der Waals surface area contributed by atoms with Crippen LogP contribution >= 0.6 is 24.0 Å². The Kier molecular flexibility index (Phi) is 9.82. The lowest BCUT2D eigenvalue weighted by atomic mass is 10.1. The Morgan fingerprint density at radius 2 is 1.80 bits per heavy atom. The maximum Gasteiger partial charge on any atom is 0.226 e. The average molecular weight is 520 g/mol. The quantitative estimate of drug-likeness (QED) is 0.257. The zero-order chi connectivity index (χ0) is 20.5. The van der Waals surface area contributed by atoms with Crippen LogP contribution in [0, 0.1) is 6.92 Å². The number of methoxy groups -OCH3 is 1. The molecule has 0 saturated carbocycles. The molecule has 30 heavy (non-hydrogen) atoms. The Balaban J connectivity index is 0.00000320. The third kappa shape index (κ3) is 6.84. The first-order valence-electron chi connectivity index (χ1n) is 9.79. The lowest BCUT2D eigenvalue weighted by Gasteiger charge is -2.11. The maximum absolute atomic E-state index is 5.63. The molecule has 1 heterocycles. The fourth-order valence-corrected chi connectivity index (χ4v) is 2.91. The SMILES string of the molecule is CCNC(=NCc1ccccc1COC)NCc1coc(-c2ccc(C)cc2)n1.I. The van der Waals surface area contributed by atoms with Crippen LogP contribution in [-0.2, 0) is 24.4 Å². The van der Waals surface area contributed by atoms with E-state index in [-0.39, 0.29) is 24.0 Å². The predicted octanol–water partition coefficient (Wildman–Crippen LogP) is 4.67. The summed E-state index contributed by atoms with van der Waals surface area (Å²) < 4.78 is 10.9. The van der Waals surface area contributed by atoms with Crippen LogP contribution in [0.3, 0.4) is 0 Å². The molecule has 2 aromatic carbocycles. The number of rotatable bonds is 8. The van der Waals surface area contributed by atoms with E-state index in [0.717, 1.165) is 34.9 Å². The Morgan fingerprint density at radius 1 is 1.07 bits per heavy atom. The van der Waals surface area contributed by atoms with Crippen LogP contribution in [0.4, 0.5) is 0 Å². The van der Waals surface area contributed by atoms with Crippen LogP contribution in [0.15, 0.2) is 64.2 Å². The number of ether oxygens (including phenoxy) is 1. The van der Waals surface area contributed by atoms with Crippen LogP contribution in [-0.4, -0.2) is 24.6 Å². The Labute approximate surface area is 195 Å². The highest BCUT2D eigenvalue weighted by Gasteiger charge is 2.08. The molecule has 0 aliphatic carbocycles. The minimum absolute atomic E-state index is 0. The third-order valence-electron chi connectivity index (χ3n) is 4.46. The summed E-state index contributed by atoms with van der Waals surface area (Å²) in [5.41, 5.74) is 5.30. The molecule has 7 heteroatoms. The van der Waals surface area contributed by atoms with E-state index < -0.39 is 0 Å². The van der Waals surface area contributed by atoms with Gasteiger partial charge in [0.15, 0.2) is 5.96 Å². The smallest absolute Gasteiger partial charge is 0.226 e. The number of guanidine groups is 1. The molecule has 0 unspecified atom stereocenters. The molecule has 0 saturated heterocycles. The fraction of sp³-hybridized carbons (Fsp3) is 0.304. The molecular formula is C23H29IN4O2. The molecule has 1 aromatic heterocycles. The molecule has 0 fully saturated rings. The number of nitrogens with one attached hydrogen (secondary N) is 2. The largest absolute Gasteiger partial charge is 0.444 e. The molecule has 0 spiro atoms. The number of halogens is 1. The molecule has 0 radical (unpaired) electrons. The number of oxazole rings is 1. The maximum atomic E-state index is 5.63. The minimum atomic E-state index is 0. The predicted molar refractivity (Wildman–Crippen MR) is 131 cm³/mol. The number of benzene rings is 2. The van der Waals surface area contributed by atoms with Gasteiger partial charge in [-0.15, -0.1) is 24.0 Å². The summed E-state index contributed by atoms with van der Waals surface area (Å²) in [5.74, 6) is 1.36. The van der Waals surface area contributed by atoms with Crippen LogP contribution in [0.25, 0.3) is 11.5 Å². The van der Waals surface area contributed by atoms with Crippen molar-refractivity contribution in [1.82, 2.24) is 15.6 Å². The molecular weight excluding hydrogens is 491 g/mol. The second-order valence-corrected chi connectivity index (χ2v) is 6.76. The van der Waals surface area contributed by atoms with Gasteiger partial charge >= 0.3 is 0 Å². The van der Waals surface area contributed by atoms with Gasteiger partial charge < -0.3 is 19.8 Å². The van der Waals surface area contributed by atoms with Gasteiger partial charge in [-0.25, -0.2) is 9.98 Å². The highest BCUT2D eigenvalue weighted by molar-refractivity contribution is 14.0. The summed E-state index contributed by atoms with van der Waals surface area (Å²) >= 11 is 0. The number of aliphatic imine (C=N–C) groups is 1. The molecule has 0 bridgehead atoms. The van der Waals surface area contributed by atoms with Gasteiger partial charge in [0.2, 0.25) is 5.89 Å². The Hall–Kier alpha value is -2.39. The molecule has 2 N–H and O–H groups in total. The van der Waals surface area contributed by atoms with Crippen molar-refractivity contribution in [2.45, 2.75) is 33.5 Å². The van der Waals surface area contributed by atoms with Crippen LogP contribution in [0.1, 0.15) is 29.3 Å². The number of hydrogen-bond donors (Lipinski definition) is 2. The van der Waals surface area contributed by atoms with Crippen molar-refractivity contribution in [2.75, 3.05) is 13.7 Å². The highest BCUT2D eigenvalue weighted by atomic mass is 127. The molecule has 160 valence electrons. The zero-order valence-electron chi connectivity index (χ0n) is 17.6. The highest BCUT2D eigenvalue weighted by Crippen LogP contribution is 2.19. The van der Waals surface area contributed by atoms with Gasteiger partial charge in [-0.2, -0.15) is 0 Å². The molecule has 0 aliphatic heterocycles. The van der Waals surface area contributed by atoms with E-state index in [4.69, 9.17) is 14.1 Å². The van der Waals surface area contributed by atoms with Crippen molar-refractivity contribution in [2.24, 2.45) is 4.99 Å². The standard InChI is InChI=1S/C23H28N4O2.HI/c1-4-24-23(25-13-19-7-5-6-8-20(19)15-28-3)26-14-21-16-29-22(27-21)18-11-9-17(2)10-12-18;/h5-12,16H,4,13-15H2,1-3H3,(H2,24,25,26);1H. The minimum Gasteiger partial charge on any atom is -0.444 e. The molecule has 0 amide bonds. The normalized spacial score (nSPS) is 11.1. The second kappa shape index (κ2) is 12.3. The van der Waals surface area contributed by atoms with Gasteiger partial charge in [0, 0.05) is 19.2 Å². The van der Waals surface area contributed by atoms with Gasteiger partial charge in [0.25, 0.3) is 0 Å². The molecule has 0 atom stereocenters. The van der Waals surface area contributed by atoms with Crippen molar-refractivity contribution in [3.05, 3.63) is 77.2 Å². The van der Waals surface area contributed by atoms with Gasteiger partial charge in [-0.05, 0) is 37.1 Å². The third-order valence-corrected chi connectivity index (χ3v) is 4.46. The van der Waals surface area contributed by atoms with Gasteiger partial charge in [-0.3, -0.25) is 0 Å². The van der Waals surface area contributed by atoms with Crippen molar-refractivity contribution in [1.29, 1.82) is 0 Å². The topological polar surface area (TPSA) is 71.7 Å². The van der Waals surface area contributed by atoms with E-state index in [1.165, 1.54) is 5.56 Å². The van der Waals surface area contributed by atoms with Crippen molar-refractivity contribution < 1.29 is 9.15 Å². The second-order valence-electron chi connectivity index (χ2n) is 6.76. The van der Waals surface area contributed by atoms with Gasteiger partial charge in [0.1, 0.15) is 6.26 Å². The van der Waals surface area contributed by atoms with Crippen LogP contribution in [0.2, 0.25) is 0 Å². The number of nitrogens with zero attached hydrogens (tertiary/aromatic N) is 2. The molecule has 0 aliphatic rings. The van der Waals surface area contributed by atoms with Crippen LogP contribution < -0.4 is 10.6 Å². The van der Waals surface area contributed by atoms with Gasteiger partial charge in [0.05, 0.1) is 25.4 Å². The summed E-state index contributed by atoms with van der Waals surface area (Å²) in [5, 5.41) is 6.59. The zero-order valence-corrected chi connectivity index (χ0v) is 20.0. The first-order chi connectivity index (χ1) is 14.2. The van der Waals surface area contributed by atoms with Crippen molar-refractivity contribution >= 4 is 29.9 Å². The summed E-state index contributed by atoms with van der Waals surface area (Å²) in [4.78, 5) is 9.27. The monoisotopic (exact) mass is 520 g/mol. The molecule has 3 rings (SSSR count).